The Labute approximate surface area is 197 Å². The van der Waals surface area contributed by atoms with E-state index in [1.165, 1.54) is 11.9 Å². The van der Waals surface area contributed by atoms with Crippen molar-refractivity contribution in [3.63, 3.8) is 0 Å². The van der Waals surface area contributed by atoms with E-state index in [-0.39, 0.29) is 0 Å². The van der Waals surface area contributed by atoms with Gasteiger partial charge in [0, 0.05) is 35.8 Å². The number of hydrazine groups is 1. The summed E-state index contributed by atoms with van der Waals surface area (Å²) in [5.41, 5.74) is 7.41. The van der Waals surface area contributed by atoms with E-state index in [1.54, 1.807) is 33.8 Å². The Bertz CT molecular complexity index is 1070. The van der Waals surface area contributed by atoms with Crippen molar-refractivity contribution in [3.8, 4) is 6.07 Å². The lowest BCUT2D eigenvalue weighted by Crippen LogP contribution is -2.19. The van der Waals surface area contributed by atoms with Gasteiger partial charge in [-0.25, -0.2) is 0 Å². The van der Waals surface area contributed by atoms with E-state index in [2.05, 4.69) is 16.2 Å². The highest BCUT2D eigenvalue weighted by atomic mass is 32.2. The van der Waals surface area contributed by atoms with E-state index < -0.39 is 0 Å². The molecule has 0 saturated carbocycles. The maximum Gasteiger partial charge on any atom is 0.196 e. The molecule has 3 N–H and O–H groups in total. The average Bonchev–Trinajstić information content (AvgIpc) is 3.27. The van der Waals surface area contributed by atoms with Gasteiger partial charge in [-0.2, -0.15) is 5.26 Å². The normalized spacial score (nSPS) is 10.5. The van der Waals surface area contributed by atoms with E-state index in [0.717, 1.165) is 54.4 Å². The van der Waals surface area contributed by atoms with Gasteiger partial charge in [-0.15, -0.1) is 11.3 Å². The van der Waals surface area contributed by atoms with Gasteiger partial charge in [-0.05, 0) is 76.9 Å². The number of hydrogen-bond donors (Lipinski definition) is 3. The molecule has 0 bridgehead atoms. The first kappa shape index (κ1) is 23.3. The van der Waals surface area contributed by atoms with Crippen LogP contribution in [0.1, 0.15) is 11.1 Å². The molecule has 3 rings (SSSR count). The van der Waals surface area contributed by atoms with E-state index in [0.29, 0.717) is 16.9 Å². The molecule has 7 nitrogen and oxygen atoms in total. The second kappa shape index (κ2) is 11.3. The molecule has 0 saturated heterocycles. The minimum absolute atomic E-state index is 0.514. The topological polar surface area (TPSA) is 91.6 Å². The minimum atomic E-state index is 0.514. The quantitative estimate of drug-likeness (QED) is 0.178. The molecule has 1 heterocycles. The van der Waals surface area contributed by atoms with Gasteiger partial charge in [0.1, 0.15) is 0 Å². The second-order valence-corrected chi connectivity index (χ2v) is 10.1. The highest BCUT2D eigenvalue weighted by Gasteiger charge is 2.12. The van der Waals surface area contributed by atoms with Gasteiger partial charge < -0.3 is 9.03 Å². The van der Waals surface area contributed by atoms with Crippen LogP contribution in [0, 0.1) is 18.3 Å². The largest absolute Gasteiger partial charge is 0.323 e. The molecule has 0 amide bonds. The number of anilines is 3. The molecule has 0 aliphatic heterocycles. The fourth-order valence-corrected chi connectivity index (χ4v) is 5.22. The molecule has 0 atom stereocenters. The van der Waals surface area contributed by atoms with Crippen molar-refractivity contribution >= 4 is 69.9 Å². The van der Waals surface area contributed by atoms with Gasteiger partial charge in [0.2, 0.25) is 0 Å². The summed E-state index contributed by atoms with van der Waals surface area (Å²) in [5.74, 6) is 0. The number of nitrogens with one attached hydrogen (secondary N) is 2. The molecule has 1 aromatic heterocycles. The lowest BCUT2D eigenvalue weighted by molar-refractivity contribution is 0.0439. The molecule has 0 fully saturated rings. The average molecular weight is 490 g/mol. The smallest absolute Gasteiger partial charge is 0.196 e. The minimum Gasteiger partial charge on any atom is -0.323 e. The lowest BCUT2D eigenvalue weighted by Gasteiger charge is -2.20. The summed E-state index contributed by atoms with van der Waals surface area (Å²) in [6.07, 6.45) is 0. The number of hydrogen-bond acceptors (Lipinski definition) is 11. The Kier molecular flexibility index (Phi) is 8.53. The van der Waals surface area contributed by atoms with Crippen LogP contribution in [0.4, 0.5) is 17.1 Å². The zero-order valence-corrected chi connectivity index (χ0v) is 19.9. The molecule has 0 aliphatic rings. The summed E-state index contributed by atoms with van der Waals surface area (Å²) in [4.78, 5) is 11.5. The van der Waals surface area contributed by atoms with Gasteiger partial charge in [0.05, 0.1) is 32.9 Å². The summed E-state index contributed by atoms with van der Waals surface area (Å²) in [6.45, 7) is 1.95. The third-order valence-electron chi connectivity index (χ3n) is 4.02. The van der Waals surface area contributed by atoms with Gasteiger partial charge in [0.15, 0.2) is 5.62 Å². The molecule has 0 aliphatic carbocycles. The second-order valence-electron chi connectivity index (χ2n) is 6.13. The monoisotopic (exact) mass is 489 g/mol. The third kappa shape index (κ3) is 6.57. The standard InChI is InChI=1S/C20H19N5O2S4/c1-14-10-16(6-8-19(14)24(2)29-13-26)31-25(27)22-17-7-5-15(12-21)11-18(17)23-30-20-4-3-9-28-20/h3-11,13,22-23,27H,1-2H3. The van der Waals surface area contributed by atoms with Crippen molar-refractivity contribution < 1.29 is 10.0 Å². The van der Waals surface area contributed by atoms with Crippen molar-refractivity contribution in [1.29, 1.82) is 5.26 Å². The van der Waals surface area contributed by atoms with Crippen LogP contribution in [0.2, 0.25) is 0 Å². The number of thiophene rings is 1. The molecule has 160 valence electrons. The van der Waals surface area contributed by atoms with Crippen LogP contribution in [0.25, 0.3) is 0 Å². The van der Waals surface area contributed by atoms with Crippen LogP contribution in [-0.2, 0) is 4.79 Å². The first-order valence-corrected chi connectivity index (χ1v) is 12.2. The molecule has 0 spiro atoms. The highest BCUT2D eigenvalue weighted by molar-refractivity contribution is 8.13. The van der Waals surface area contributed by atoms with Gasteiger partial charge in [-0.1, -0.05) is 6.07 Å². The maximum atomic E-state index is 10.7. The van der Waals surface area contributed by atoms with Gasteiger partial charge >= 0.3 is 0 Å². The highest BCUT2D eigenvalue weighted by Crippen LogP contribution is 2.33. The Hall–Kier alpha value is -2.33. The predicted molar refractivity (Wildman–Crippen MR) is 132 cm³/mol. The van der Waals surface area contributed by atoms with Crippen molar-refractivity contribution in [2.75, 3.05) is 21.5 Å². The zero-order chi connectivity index (χ0) is 22.2. The molecule has 0 unspecified atom stereocenters. The van der Waals surface area contributed by atoms with Crippen molar-refractivity contribution in [1.82, 2.24) is 4.58 Å². The van der Waals surface area contributed by atoms with Crippen LogP contribution < -0.4 is 14.5 Å². The number of carbonyl (C=O) groups is 1. The Balaban J connectivity index is 1.69. The predicted octanol–water partition coefficient (Wildman–Crippen LogP) is 6.05. The summed E-state index contributed by atoms with van der Waals surface area (Å²) < 4.78 is 7.01. The summed E-state index contributed by atoms with van der Waals surface area (Å²) in [6, 6.07) is 16.9. The Morgan fingerprint density at radius 1 is 1.19 bits per heavy atom. The van der Waals surface area contributed by atoms with Crippen LogP contribution in [-0.4, -0.2) is 22.5 Å². The van der Waals surface area contributed by atoms with Crippen molar-refractivity contribution in [2.24, 2.45) is 0 Å². The van der Waals surface area contributed by atoms with E-state index in [4.69, 9.17) is 0 Å². The summed E-state index contributed by atoms with van der Waals surface area (Å²) >= 11 is 5.22. The molecule has 11 heteroatoms. The number of nitriles is 1. The lowest BCUT2D eigenvalue weighted by atomic mass is 10.2. The first-order chi connectivity index (χ1) is 15.0. The van der Waals surface area contributed by atoms with Crippen LogP contribution >= 0.6 is 47.2 Å². The fourth-order valence-electron chi connectivity index (χ4n) is 2.61. The Morgan fingerprint density at radius 2 is 2.03 bits per heavy atom. The number of nitrogens with zero attached hydrogens (tertiary/aromatic N) is 3. The van der Waals surface area contributed by atoms with Crippen molar-refractivity contribution in [2.45, 2.75) is 16.0 Å². The Morgan fingerprint density at radius 3 is 2.71 bits per heavy atom. The fraction of sp³-hybridized carbons (Fsp3) is 0.100. The summed E-state index contributed by atoms with van der Waals surface area (Å²) in [7, 11) is 1.82. The number of rotatable bonds is 10. The molecular formula is C20H19N5O2S4. The van der Waals surface area contributed by atoms with E-state index in [9.17, 15) is 15.3 Å². The van der Waals surface area contributed by atoms with Crippen molar-refractivity contribution in [3.05, 3.63) is 65.0 Å². The molecular weight excluding hydrogens is 471 g/mol. The van der Waals surface area contributed by atoms with Gasteiger partial charge in [0.25, 0.3) is 0 Å². The van der Waals surface area contributed by atoms with Crippen LogP contribution in [0.15, 0.2) is 63.0 Å². The van der Waals surface area contributed by atoms with E-state index >= 15 is 0 Å². The SMILES string of the molecule is Cc1cc(SN(O)Nc2ccc(C#N)cc2NSc2cccs2)ccc1N(C)SC=O. The number of carbonyl (C=O) groups excluding carboxylic acids is 1. The molecule has 31 heavy (non-hydrogen) atoms. The molecule has 2 aromatic carbocycles. The van der Waals surface area contributed by atoms with E-state index in [1.807, 2.05) is 49.7 Å². The van der Waals surface area contributed by atoms with Gasteiger partial charge in [-0.3, -0.25) is 15.4 Å². The molecule has 3 aromatic rings. The first-order valence-electron chi connectivity index (χ1n) is 8.89. The van der Waals surface area contributed by atoms with Crippen LogP contribution in [0.5, 0.6) is 0 Å². The zero-order valence-electron chi connectivity index (χ0n) is 16.6. The summed E-state index contributed by atoms with van der Waals surface area (Å²) in [5, 5.41) is 21.6. The number of aryl methyl sites for hydroxylation is 1. The molecule has 0 radical (unpaired) electrons. The number of benzene rings is 2. The third-order valence-corrected chi connectivity index (χ3v) is 7.21. The maximum absolute atomic E-state index is 10.7. The van der Waals surface area contributed by atoms with Crippen LogP contribution in [0.3, 0.4) is 0 Å².